The van der Waals surface area contributed by atoms with Gasteiger partial charge in [-0.15, -0.1) is 0 Å². The summed E-state index contributed by atoms with van der Waals surface area (Å²) >= 11 is 0. The second-order valence-corrected chi connectivity index (χ2v) is 9.28. The number of amides is 3. The summed E-state index contributed by atoms with van der Waals surface area (Å²) < 4.78 is 0. The van der Waals surface area contributed by atoms with Crippen molar-refractivity contribution in [2.45, 2.75) is 71.4 Å². The summed E-state index contributed by atoms with van der Waals surface area (Å²) in [6, 6.07) is 8.78. The van der Waals surface area contributed by atoms with Gasteiger partial charge in [0.25, 0.3) is 5.91 Å². The number of rotatable bonds is 10. The molecule has 0 bridgehead atoms. The number of nitrogens with two attached hydrogens (primary N) is 1. The summed E-state index contributed by atoms with van der Waals surface area (Å²) in [4.78, 5) is 38.8. The van der Waals surface area contributed by atoms with Crippen LogP contribution in [0, 0.1) is 17.8 Å². The number of hydroxylamine groups is 1. The number of carbonyl (C=O) groups excluding carboxylic acids is 3. The van der Waals surface area contributed by atoms with Crippen molar-refractivity contribution < 1.29 is 19.6 Å². The van der Waals surface area contributed by atoms with Crippen LogP contribution in [-0.4, -0.2) is 40.0 Å². The smallest absolute Gasteiger partial charge is 0.257 e. The first kappa shape index (κ1) is 26.5. The second kappa shape index (κ2) is 13.1. The van der Waals surface area contributed by atoms with E-state index in [0.717, 1.165) is 31.2 Å². The first-order valence-corrected chi connectivity index (χ1v) is 11.8. The Kier molecular flexibility index (Phi) is 10.5. The number of hydrogen-bond acceptors (Lipinski definition) is 5. The summed E-state index contributed by atoms with van der Waals surface area (Å²) in [5, 5.41) is 10.7. The van der Waals surface area contributed by atoms with Gasteiger partial charge in [0.15, 0.2) is 0 Å². The Hall–Kier alpha value is -2.71. The first-order valence-electron chi connectivity index (χ1n) is 11.8. The van der Waals surface area contributed by atoms with E-state index in [-0.39, 0.29) is 24.3 Å². The normalized spacial score (nSPS) is 17.0. The van der Waals surface area contributed by atoms with Crippen molar-refractivity contribution in [2.75, 3.05) is 0 Å². The highest BCUT2D eigenvalue weighted by atomic mass is 16.5. The minimum Gasteiger partial charge on any atom is -0.320 e. The van der Waals surface area contributed by atoms with Gasteiger partial charge in [-0.2, -0.15) is 0 Å². The molecule has 1 aliphatic rings. The van der Waals surface area contributed by atoms with E-state index >= 15 is 0 Å². The molecule has 5 N–H and O–H groups in total. The number of benzene rings is 1. The quantitative estimate of drug-likeness (QED) is 0.317. The minimum atomic E-state index is -0.798. The summed E-state index contributed by atoms with van der Waals surface area (Å²) in [5.41, 5.74) is 11.3. The second-order valence-electron chi connectivity index (χ2n) is 9.28. The number of carbonyl (C=O) groups is 3. The molecular formula is C25H38N4O4. The number of hydrogen-bond donors (Lipinski definition) is 4. The van der Waals surface area contributed by atoms with E-state index in [9.17, 15) is 19.6 Å². The fourth-order valence-electron chi connectivity index (χ4n) is 4.32. The molecule has 1 fully saturated rings. The molecule has 0 unspecified atom stereocenters. The molecule has 8 nitrogen and oxygen atoms in total. The molecule has 0 aromatic heterocycles. The molecule has 0 heterocycles. The van der Waals surface area contributed by atoms with Crippen LogP contribution in [0.2, 0.25) is 0 Å². The molecule has 1 saturated carbocycles. The van der Waals surface area contributed by atoms with Gasteiger partial charge < -0.3 is 5.73 Å². The van der Waals surface area contributed by atoms with Crippen molar-refractivity contribution >= 4 is 23.8 Å². The van der Waals surface area contributed by atoms with Crippen molar-refractivity contribution in [1.29, 1.82) is 0 Å². The summed E-state index contributed by atoms with van der Waals surface area (Å²) in [7, 11) is 0. The van der Waals surface area contributed by atoms with E-state index in [0.29, 0.717) is 6.42 Å². The SMILES string of the molecule is CC(C)C[C@@H](C(=O)NN(C(=O)[C@@H](C)N)C1CCCC1)[C@H](C/C=C/c1ccccc1)C(=O)NO. The maximum absolute atomic E-state index is 13.4. The lowest BCUT2D eigenvalue weighted by atomic mass is 9.82. The lowest BCUT2D eigenvalue weighted by molar-refractivity contribution is -0.150. The fraction of sp³-hybridized carbons (Fsp3) is 0.560. The number of nitrogens with zero attached hydrogens (tertiary/aromatic N) is 1. The Balaban J connectivity index is 2.25. The first-order chi connectivity index (χ1) is 15.7. The van der Waals surface area contributed by atoms with Crippen molar-refractivity contribution in [3.63, 3.8) is 0 Å². The van der Waals surface area contributed by atoms with E-state index in [2.05, 4.69) is 5.43 Å². The lowest BCUT2D eigenvalue weighted by Crippen LogP contribution is -2.57. The van der Waals surface area contributed by atoms with Crippen LogP contribution < -0.4 is 16.6 Å². The zero-order chi connectivity index (χ0) is 24.4. The van der Waals surface area contributed by atoms with Gasteiger partial charge in [-0.25, -0.2) is 10.5 Å². The van der Waals surface area contributed by atoms with Gasteiger partial charge in [-0.3, -0.25) is 25.0 Å². The zero-order valence-electron chi connectivity index (χ0n) is 19.9. The number of nitrogens with one attached hydrogen (secondary N) is 2. The topological polar surface area (TPSA) is 125 Å². The molecule has 182 valence electrons. The van der Waals surface area contributed by atoms with Gasteiger partial charge in [0.1, 0.15) is 0 Å². The highest BCUT2D eigenvalue weighted by molar-refractivity contribution is 5.89. The summed E-state index contributed by atoms with van der Waals surface area (Å²) in [6.07, 6.45) is 7.97. The predicted molar refractivity (Wildman–Crippen MR) is 127 cm³/mol. The van der Waals surface area contributed by atoms with Crippen LogP contribution in [0.4, 0.5) is 0 Å². The van der Waals surface area contributed by atoms with Gasteiger partial charge in [-0.1, -0.05) is 69.2 Å². The van der Waals surface area contributed by atoms with Crippen LogP contribution in [0.15, 0.2) is 36.4 Å². The van der Waals surface area contributed by atoms with Crippen LogP contribution in [0.1, 0.15) is 64.9 Å². The zero-order valence-corrected chi connectivity index (χ0v) is 19.9. The summed E-state index contributed by atoms with van der Waals surface area (Å²) in [6.45, 7) is 5.53. The third-order valence-electron chi connectivity index (χ3n) is 6.04. The van der Waals surface area contributed by atoms with Gasteiger partial charge in [0, 0.05) is 0 Å². The Morgan fingerprint density at radius 2 is 1.73 bits per heavy atom. The lowest BCUT2D eigenvalue weighted by Gasteiger charge is -2.33. The van der Waals surface area contributed by atoms with Crippen molar-refractivity contribution in [2.24, 2.45) is 23.5 Å². The van der Waals surface area contributed by atoms with Crippen LogP contribution in [-0.2, 0) is 14.4 Å². The van der Waals surface area contributed by atoms with Gasteiger partial charge in [0.05, 0.1) is 23.9 Å². The van der Waals surface area contributed by atoms with Crippen molar-refractivity contribution in [1.82, 2.24) is 15.9 Å². The highest BCUT2D eigenvalue weighted by Gasteiger charge is 2.37. The molecule has 8 heteroatoms. The molecule has 1 aliphatic carbocycles. The van der Waals surface area contributed by atoms with E-state index in [1.165, 1.54) is 5.01 Å². The highest BCUT2D eigenvalue weighted by Crippen LogP contribution is 2.27. The Morgan fingerprint density at radius 3 is 2.27 bits per heavy atom. The average Bonchev–Trinajstić information content (AvgIpc) is 3.33. The summed E-state index contributed by atoms with van der Waals surface area (Å²) in [5.74, 6) is -2.79. The van der Waals surface area contributed by atoms with Crippen LogP contribution in [0.3, 0.4) is 0 Å². The van der Waals surface area contributed by atoms with Crippen LogP contribution in [0.5, 0.6) is 0 Å². The van der Waals surface area contributed by atoms with Crippen LogP contribution >= 0.6 is 0 Å². The molecule has 2 rings (SSSR count). The average molecular weight is 459 g/mol. The maximum atomic E-state index is 13.4. The number of hydrazine groups is 1. The van der Waals surface area contributed by atoms with Gasteiger partial charge in [0.2, 0.25) is 11.8 Å². The molecule has 0 aliphatic heterocycles. The van der Waals surface area contributed by atoms with E-state index < -0.39 is 29.7 Å². The van der Waals surface area contributed by atoms with Gasteiger partial charge >= 0.3 is 0 Å². The third-order valence-corrected chi connectivity index (χ3v) is 6.04. The Morgan fingerprint density at radius 1 is 1.09 bits per heavy atom. The van der Waals surface area contributed by atoms with E-state index in [1.54, 1.807) is 12.4 Å². The molecule has 1 aromatic carbocycles. The number of allylic oxidation sites excluding steroid dienone is 1. The molecule has 33 heavy (non-hydrogen) atoms. The Bertz CT molecular complexity index is 804. The van der Waals surface area contributed by atoms with Crippen molar-refractivity contribution in [3.05, 3.63) is 42.0 Å². The molecule has 0 spiro atoms. The van der Waals surface area contributed by atoms with Gasteiger partial charge in [-0.05, 0) is 44.1 Å². The maximum Gasteiger partial charge on any atom is 0.257 e. The Labute approximate surface area is 196 Å². The largest absolute Gasteiger partial charge is 0.320 e. The molecular weight excluding hydrogens is 420 g/mol. The minimum absolute atomic E-state index is 0.102. The predicted octanol–water partition coefficient (Wildman–Crippen LogP) is 3.02. The molecule has 0 saturated heterocycles. The van der Waals surface area contributed by atoms with Crippen LogP contribution in [0.25, 0.3) is 6.08 Å². The third kappa shape index (κ3) is 7.98. The fourth-order valence-corrected chi connectivity index (χ4v) is 4.32. The standard InChI is InChI=1S/C25H38N4O4/c1-17(2)16-22(21(24(31)28-33)15-9-12-19-10-5-4-6-11-19)23(30)27-29(25(32)18(3)26)20-13-7-8-14-20/h4-6,9-12,17-18,20-22,33H,7-8,13-16,26H2,1-3H3,(H,27,30)(H,28,31)/b12-9+/t18-,21+,22-/m1/s1. The molecule has 1 aromatic rings. The monoisotopic (exact) mass is 458 g/mol. The molecule has 3 amide bonds. The molecule has 0 radical (unpaired) electrons. The van der Waals surface area contributed by atoms with E-state index in [1.807, 2.05) is 56.3 Å². The van der Waals surface area contributed by atoms with E-state index in [4.69, 9.17) is 5.73 Å². The molecule has 3 atom stereocenters. The van der Waals surface area contributed by atoms with Crippen molar-refractivity contribution in [3.8, 4) is 0 Å².